The fourth-order valence-electron chi connectivity index (χ4n) is 4.09. The van der Waals surface area contributed by atoms with Crippen molar-refractivity contribution in [3.8, 4) is 11.6 Å². The highest BCUT2D eigenvalue weighted by Gasteiger charge is 2.35. The summed E-state index contributed by atoms with van der Waals surface area (Å²) >= 11 is 0. The van der Waals surface area contributed by atoms with Gasteiger partial charge >= 0.3 is 0 Å². The molecule has 2 aliphatic rings. The maximum atomic E-state index is 12.8. The number of morpholine rings is 1. The lowest BCUT2D eigenvalue weighted by Crippen LogP contribution is -2.61. The van der Waals surface area contributed by atoms with Crippen molar-refractivity contribution in [2.24, 2.45) is 0 Å². The Kier molecular flexibility index (Phi) is 6.05. The summed E-state index contributed by atoms with van der Waals surface area (Å²) < 4.78 is 38.5. The third-order valence-electron chi connectivity index (χ3n) is 5.96. The molecule has 3 aromatic rings. The number of hydrogen-bond donors (Lipinski definition) is 0. The highest BCUT2D eigenvalue weighted by atomic mass is 19.3. The normalized spacial score (nSPS) is 18.4. The summed E-state index contributed by atoms with van der Waals surface area (Å²) in [6, 6.07) is 9.31. The SMILES string of the molecule is Cc1nnn(-c2ccc(C(F)F)cc2)c1COc1ccc(N2CC(=O)N3CCOC[C@@H]3C2)nn1. The lowest BCUT2D eigenvalue weighted by molar-refractivity contribution is -0.140. The van der Waals surface area contributed by atoms with E-state index in [0.29, 0.717) is 55.1 Å². The molecular formula is C22H23F2N7O3. The molecule has 0 saturated carbocycles. The fraction of sp³-hybridized carbons (Fsp3) is 0.409. The number of carbonyl (C=O) groups excluding carboxylic acids is 1. The van der Waals surface area contributed by atoms with Crippen molar-refractivity contribution in [1.29, 1.82) is 0 Å². The Bertz CT molecular complexity index is 1150. The number of amides is 1. The standard InChI is InChI=1S/C22H23F2N7O3/c1-14-18(31(28-25-14)16-4-2-15(3-5-16)22(23)24)13-34-20-7-6-19(26-27-20)29-10-17-12-33-9-8-30(17)21(32)11-29/h2-7,17,22H,8-13H2,1H3/t17-/m0/s1. The van der Waals surface area contributed by atoms with Gasteiger partial charge in [-0.25, -0.2) is 13.5 Å². The third kappa shape index (κ3) is 4.40. The number of nitrogens with zero attached hydrogens (tertiary/aromatic N) is 7. The summed E-state index contributed by atoms with van der Waals surface area (Å²) in [5.41, 5.74) is 1.84. The Morgan fingerprint density at radius 1 is 1.15 bits per heavy atom. The first-order chi connectivity index (χ1) is 16.5. The molecule has 0 spiro atoms. The lowest BCUT2D eigenvalue weighted by atomic mass is 10.1. The van der Waals surface area contributed by atoms with E-state index in [1.807, 2.05) is 9.80 Å². The average molecular weight is 471 g/mol. The van der Waals surface area contributed by atoms with Gasteiger partial charge in [0.15, 0.2) is 5.82 Å². The molecule has 10 nitrogen and oxygen atoms in total. The molecule has 2 aromatic heterocycles. The summed E-state index contributed by atoms with van der Waals surface area (Å²) in [6.45, 7) is 4.49. The largest absolute Gasteiger partial charge is 0.470 e. The van der Waals surface area contributed by atoms with Gasteiger partial charge in [0.1, 0.15) is 12.3 Å². The van der Waals surface area contributed by atoms with Crippen LogP contribution in [0.25, 0.3) is 5.69 Å². The number of rotatable bonds is 6. The van der Waals surface area contributed by atoms with E-state index >= 15 is 0 Å². The zero-order valence-corrected chi connectivity index (χ0v) is 18.5. The molecule has 178 valence electrons. The van der Waals surface area contributed by atoms with Crippen molar-refractivity contribution in [1.82, 2.24) is 30.1 Å². The minimum absolute atomic E-state index is 0.0123. The highest BCUT2D eigenvalue weighted by Crippen LogP contribution is 2.23. The van der Waals surface area contributed by atoms with E-state index in [-0.39, 0.29) is 30.7 Å². The number of carbonyl (C=O) groups is 1. The lowest BCUT2D eigenvalue weighted by Gasteiger charge is -2.43. The van der Waals surface area contributed by atoms with Crippen LogP contribution in [0, 0.1) is 6.92 Å². The van der Waals surface area contributed by atoms with Crippen molar-refractivity contribution in [3.05, 3.63) is 53.3 Å². The molecule has 0 N–H and O–H groups in total. The molecule has 0 aliphatic carbocycles. The number of aryl methyl sites for hydroxylation is 1. The van der Waals surface area contributed by atoms with Crippen LogP contribution < -0.4 is 9.64 Å². The second kappa shape index (κ2) is 9.29. The minimum atomic E-state index is -2.53. The number of benzene rings is 1. The van der Waals surface area contributed by atoms with Crippen LogP contribution >= 0.6 is 0 Å². The highest BCUT2D eigenvalue weighted by molar-refractivity contribution is 5.83. The summed E-state index contributed by atoms with van der Waals surface area (Å²) in [6.07, 6.45) is -2.53. The van der Waals surface area contributed by atoms with Gasteiger partial charge in [-0.15, -0.1) is 15.3 Å². The second-order valence-electron chi connectivity index (χ2n) is 8.14. The van der Waals surface area contributed by atoms with E-state index in [1.54, 1.807) is 35.9 Å². The van der Waals surface area contributed by atoms with E-state index in [4.69, 9.17) is 9.47 Å². The average Bonchev–Trinajstić information content (AvgIpc) is 3.23. The third-order valence-corrected chi connectivity index (χ3v) is 5.96. The zero-order valence-electron chi connectivity index (χ0n) is 18.5. The van der Waals surface area contributed by atoms with Crippen LogP contribution in [-0.4, -0.2) is 74.9 Å². The smallest absolute Gasteiger partial charge is 0.263 e. The Hall–Kier alpha value is -3.67. The number of ether oxygens (including phenoxy) is 2. The molecule has 0 radical (unpaired) electrons. The van der Waals surface area contributed by atoms with Crippen molar-refractivity contribution >= 4 is 11.7 Å². The monoisotopic (exact) mass is 471 g/mol. The minimum Gasteiger partial charge on any atom is -0.470 e. The van der Waals surface area contributed by atoms with Gasteiger partial charge < -0.3 is 19.3 Å². The Morgan fingerprint density at radius 2 is 1.97 bits per heavy atom. The number of halogens is 2. The molecule has 2 fully saturated rings. The molecule has 1 amide bonds. The van der Waals surface area contributed by atoms with Gasteiger partial charge in [-0.05, 0) is 25.1 Å². The van der Waals surface area contributed by atoms with Crippen molar-refractivity contribution in [3.63, 3.8) is 0 Å². The number of aromatic nitrogens is 5. The van der Waals surface area contributed by atoms with E-state index in [1.165, 1.54) is 12.1 Å². The van der Waals surface area contributed by atoms with E-state index in [0.717, 1.165) is 0 Å². The molecule has 2 aliphatic heterocycles. The molecule has 1 atom stereocenters. The number of fused-ring (bicyclic) bond motifs is 1. The maximum absolute atomic E-state index is 12.8. The first kappa shape index (κ1) is 22.1. The van der Waals surface area contributed by atoms with Gasteiger partial charge in [0, 0.05) is 24.7 Å². The predicted octanol–water partition coefficient (Wildman–Crippen LogP) is 1.93. The van der Waals surface area contributed by atoms with Crippen LogP contribution in [-0.2, 0) is 16.1 Å². The predicted molar refractivity (Wildman–Crippen MR) is 116 cm³/mol. The topological polar surface area (TPSA) is 98.5 Å². The molecule has 5 rings (SSSR count). The molecule has 12 heteroatoms. The van der Waals surface area contributed by atoms with Gasteiger partial charge in [0.2, 0.25) is 11.8 Å². The Labute approximate surface area is 194 Å². The molecule has 0 unspecified atom stereocenters. The first-order valence-corrected chi connectivity index (χ1v) is 10.9. The molecule has 0 bridgehead atoms. The van der Waals surface area contributed by atoms with E-state index in [9.17, 15) is 13.6 Å². The van der Waals surface area contributed by atoms with Crippen LogP contribution in [0.1, 0.15) is 23.4 Å². The van der Waals surface area contributed by atoms with Gasteiger partial charge in [0.05, 0.1) is 37.2 Å². The van der Waals surface area contributed by atoms with Crippen LogP contribution in [0.15, 0.2) is 36.4 Å². The summed E-state index contributed by atoms with van der Waals surface area (Å²) in [5.74, 6) is 0.947. The number of hydrogen-bond acceptors (Lipinski definition) is 8. The van der Waals surface area contributed by atoms with Gasteiger partial charge in [0.25, 0.3) is 6.43 Å². The van der Waals surface area contributed by atoms with Gasteiger partial charge in [-0.3, -0.25) is 4.79 Å². The number of piperazine rings is 1. The van der Waals surface area contributed by atoms with Crippen LogP contribution in [0.4, 0.5) is 14.6 Å². The fourth-order valence-corrected chi connectivity index (χ4v) is 4.09. The summed E-state index contributed by atoms with van der Waals surface area (Å²) in [7, 11) is 0. The van der Waals surface area contributed by atoms with Crippen molar-refractivity contribution in [2.45, 2.75) is 26.0 Å². The summed E-state index contributed by atoms with van der Waals surface area (Å²) in [4.78, 5) is 16.2. The maximum Gasteiger partial charge on any atom is 0.263 e. The van der Waals surface area contributed by atoms with E-state index in [2.05, 4.69) is 20.5 Å². The first-order valence-electron chi connectivity index (χ1n) is 10.9. The molecule has 2 saturated heterocycles. The Balaban J connectivity index is 1.25. The molecular weight excluding hydrogens is 448 g/mol. The molecule has 1 aromatic carbocycles. The number of anilines is 1. The van der Waals surface area contributed by atoms with Gasteiger partial charge in [-0.1, -0.05) is 17.3 Å². The van der Waals surface area contributed by atoms with Crippen LogP contribution in [0.5, 0.6) is 5.88 Å². The van der Waals surface area contributed by atoms with Crippen LogP contribution in [0.2, 0.25) is 0 Å². The molecule has 34 heavy (non-hydrogen) atoms. The number of alkyl halides is 2. The second-order valence-corrected chi connectivity index (χ2v) is 8.14. The van der Waals surface area contributed by atoms with Crippen LogP contribution in [0.3, 0.4) is 0 Å². The quantitative estimate of drug-likeness (QED) is 0.538. The zero-order chi connectivity index (χ0) is 23.7. The van der Waals surface area contributed by atoms with Gasteiger partial charge in [-0.2, -0.15) is 0 Å². The van der Waals surface area contributed by atoms with E-state index < -0.39 is 6.43 Å². The van der Waals surface area contributed by atoms with Crippen molar-refractivity contribution in [2.75, 3.05) is 37.7 Å². The molecule has 4 heterocycles. The summed E-state index contributed by atoms with van der Waals surface area (Å²) in [5, 5.41) is 16.5. The Morgan fingerprint density at radius 3 is 2.71 bits per heavy atom. The van der Waals surface area contributed by atoms with Crippen molar-refractivity contribution < 1.29 is 23.0 Å².